The van der Waals surface area contributed by atoms with Gasteiger partial charge >= 0.3 is 5.97 Å². The van der Waals surface area contributed by atoms with E-state index in [1.165, 1.54) is 13.2 Å². The van der Waals surface area contributed by atoms with E-state index in [1.807, 2.05) is 0 Å². The summed E-state index contributed by atoms with van der Waals surface area (Å²) in [6.07, 6.45) is 0.898. The number of rotatable bonds is 12. The molecular formula is C22H25NO8. The number of ether oxygens (including phenoxy) is 5. The summed E-state index contributed by atoms with van der Waals surface area (Å²) in [6, 6.07) is 11.4. The highest BCUT2D eigenvalue weighted by Crippen LogP contribution is 2.29. The van der Waals surface area contributed by atoms with Gasteiger partial charge in [0.25, 0.3) is 5.91 Å². The highest BCUT2D eigenvalue weighted by atomic mass is 16.6. The molecule has 3 rings (SSSR count). The molecule has 1 amide bonds. The fourth-order valence-corrected chi connectivity index (χ4v) is 2.57. The van der Waals surface area contributed by atoms with Gasteiger partial charge in [0, 0.05) is 18.2 Å². The number of phenols is 1. The maximum Gasteiger partial charge on any atom is 0.306 e. The number of carbonyl (C=O) groups excluding carboxylic acids is 2. The zero-order valence-electron chi connectivity index (χ0n) is 17.2. The SMILES string of the molecule is COc1ccc(OCC(=O)Nc2ccc(OCCCC(=O)OCC3CO3)cc2)cc1O. The van der Waals surface area contributed by atoms with Crippen LogP contribution in [0.25, 0.3) is 0 Å². The van der Waals surface area contributed by atoms with Crippen molar-refractivity contribution in [3.8, 4) is 23.0 Å². The van der Waals surface area contributed by atoms with Crippen LogP contribution in [0.3, 0.4) is 0 Å². The smallest absolute Gasteiger partial charge is 0.306 e. The molecule has 2 aromatic carbocycles. The van der Waals surface area contributed by atoms with Crippen molar-refractivity contribution in [1.82, 2.24) is 0 Å². The van der Waals surface area contributed by atoms with Gasteiger partial charge in [-0.3, -0.25) is 9.59 Å². The quantitative estimate of drug-likeness (QED) is 0.299. The van der Waals surface area contributed by atoms with Gasteiger partial charge in [0.1, 0.15) is 24.2 Å². The zero-order valence-corrected chi connectivity index (χ0v) is 17.2. The number of nitrogens with one attached hydrogen (secondary N) is 1. The van der Waals surface area contributed by atoms with E-state index in [-0.39, 0.29) is 36.8 Å². The fraction of sp³-hybridized carbons (Fsp3) is 0.364. The molecule has 1 atom stereocenters. The van der Waals surface area contributed by atoms with Gasteiger partial charge in [-0.15, -0.1) is 0 Å². The van der Waals surface area contributed by atoms with Gasteiger partial charge in [0.15, 0.2) is 18.1 Å². The van der Waals surface area contributed by atoms with Crippen LogP contribution >= 0.6 is 0 Å². The maximum atomic E-state index is 12.0. The number of hydrogen-bond donors (Lipinski definition) is 2. The van der Waals surface area contributed by atoms with Crippen molar-refractivity contribution >= 4 is 17.6 Å². The summed E-state index contributed by atoms with van der Waals surface area (Å²) in [4.78, 5) is 23.6. The number of aromatic hydroxyl groups is 1. The first-order valence-corrected chi connectivity index (χ1v) is 9.83. The highest BCUT2D eigenvalue weighted by molar-refractivity contribution is 5.91. The van der Waals surface area contributed by atoms with Gasteiger partial charge in [0.2, 0.25) is 0 Å². The first-order valence-electron chi connectivity index (χ1n) is 9.83. The summed E-state index contributed by atoms with van der Waals surface area (Å²) in [7, 11) is 1.45. The Balaban J connectivity index is 1.33. The number of amides is 1. The van der Waals surface area contributed by atoms with E-state index in [4.69, 9.17) is 23.7 Å². The van der Waals surface area contributed by atoms with Crippen molar-refractivity contribution in [2.24, 2.45) is 0 Å². The lowest BCUT2D eigenvalue weighted by Gasteiger charge is -2.10. The van der Waals surface area contributed by atoms with E-state index in [9.17, 15) is 14.7 Å². The molecule has 0 radical (unpaired) electrons. The summed E-state index contributed by atoms with van der Waals surface area (Å²) in [5.41, 5.74) is 0.587. The third-order valence-electron chi connectivity index (χ3n) is 4.28. The van der Waals surface area contributed by atoms with Crippen LogP contribution in [-0.4, -0.2) is 56.6 Å². The van der Waals surface area contributed by atoms with Gasteiger partial charge in [-0.05, 0) is 42.8 Å². The van der Waals surface area contributed by atoms with Gasteiger partial charge in [-0.1, -0.05) is 0 Å². The molecule has 0 bridgehead atoms. The van der Waals surface area contributed by atoms with Gasteiger partial charge in [0.05, 0.1) is 20.3 Å². The normalized spacial score (nSPS) is 14.4. The van der Waals surface area contributed by atoms with Crippen molar-refractivity contribution < 1.29 is 38.4 Å². The summed E-state index contributed by atoms with van der Waals surface area (Å²) < 4.78 is 25.9. The standard InChI is InChI=1S/C22H25NO8/c1-27-20-9-8-17(11-19(20)24)30-14-21(25)23-15-4-6-16(7-5-15)28-10-2-3-22(26)31-13-18-12-29-18/h4-9,11,18,24H,2-3,10,12-14H2,1H3,(H,23,25). The number of methoxy groups -OCH3 is 1. The topological polar surface area (TPSA) is 116 Å². The molecule has 1 aliphatic heterocycles. The maximum absolute atomic E-state index is 12.0. The predicted molar refractivity (Wildman–Crippen MR) is 111 cm³/mol. The number of epoxide rings is 1. The van der Waals surface area contributed by atoms with E-state index < -0.39 is 0 Å². The van der Waals surface area contributed by atoms with Crippen LogP contribution in [0.15, 0.2) is 42.5 Å². The lowest BCUT2D eigenvalue weighted by molar-refractivity contribution is -0.144. The third-order valence-corrected chi connectivity index (χ3v) is 4.28. The molecule has 9 heteroatoms. The highest BCUT2D eigenvalue weighted by Gasteiger charge is 2.24. The Bertz CT molecular complexity index is 880. The second-order valence-corrected chi connectivity index (χ2v) is 6.79. The molecule has 0 aromatic heterocycles. The number of anilines is 1. The Kier molecular flexibility index (Phi) is 7.94. The third kappa shape index (κ3) is 7.71. The Labute approximate surface area is 179 Å². The summed E-state index contributed by atoms with van der Waals surface area (Å²) in [5.74, 6) is 0.622. The molecule has 1 unspecified atom stereocenters. The molecule has 31 heavy (non-hydrogen) atoms. The lowest BCUT2D eigenvalue weighted by Crippen LogP contribution is -2.20. The molecule has 1 saturated heterocycles. The van der Waals surface area contributed by atoms with E-state index in [0.29, 0.717) is 49.2 Å². The Morgan fingerprint density at radius 3 is 2.55 bits per heavy atom. The van der Waals surface area contributed by atoms with Crippen LogP contribution in [0.2, 0.25) is 0 Å². The van der Waals surface area contributed by atoms with Crippen molar-refractivity contribution in [1.29, 1.82) is 0 Å². The van der Waals surface area contributed by atoms with Gasteiger partial charge in [-0.2, -0.15) is 0 Å². The first kappa shape index (κ1) is 22.2. The van der Waals surface area contributed by atoms with E-state index in [0.717, 1.165) is 0 Å². The molecule has 1 heterocycles. The average molecular weight is 431 g/mol. The van der Waals surface area contributed by atoms with Crippen molar-refractivity contribution in [2.75, 3.05) is 38.9 Å². The largest absolute Gasteiger partial charge is 0.504 e. The zero-order chi connectivity index (χ0) is 22.1. The number of carbonyl (C=O) groups is 2. The first-order chi connectivity index (χ1) is 15.0. The molecule has 1 aliphatic rings. The molecule has 2 N–H and O–H groups in total. The van der Waals surface area contributed by atoms with Crippen LogP contribution < -0.4 is 19.5 Å². The Morgan fingerprint density at radius 2 is 1.87 bits per heavy atom. The summed E-state index contributed by atoms with van der Waals surface area (Å²) in [6.45, 7) is 1.14. The fourth-order valence-electron chi connectivity index (χ4n) is 2.57. The number of benzene rings is 2. The van der Waals surface area contributed by atoms with Crippen molar-refractivity contribution in [3.05, 3.63) is 42.5 Å². The second kappa shape index (κ2) is 11.1. The van der Waals surface area contributed by atoms with Crippen molar-refractivity contribution in [2.45, 2.75) is 18.9 Å². The predicted octanol–water partition coefficient (Wildman–Crippen LogP) is 2.52. The van der Waals surface area contributed by atoms with Crippen LogP contribution in [0.1, 0.15) is 12.8 Å². The summed E-state index contributed by atoms with van der Waals surface area (Å²) in [5, 5.41) is 12.4. The molecule has 9 nitrogen and oxygen atoms in total. The van der Waals surface area contributed by atoms with Gasteiger partial charge in [-0.25, -0.2) is 0 Å². The second-order valence-electron chi connectivity index (χ2n) is 6.79. The Morgan fingerprint density at radius 1 is 1.13 bits per heavy atom. The number of hydrogen-bond acceptors (Lipinski definition) is 8. The minimum Gasteiger partial charge on any atom is -0.504 e. The lowest BCUT2D eigenvalue weighted by atomic mass is 10.3. The minimum atomic E-state index is -0.348. The molecule has 0 aliphatic carbocycles. The Hall–Kier alpha value is -3.46. The van der Waals surface area contributed by atoms with E-state index in [1.54, 1.807) is 36.4 Å². The van der Waals surface area contributed by atoms with Crippen LogP contribution in [0.5, 0.6) is 23.0 Å². The minimum absolute atomic E-state index is 0.0688. The molecule has 0 saturated carbocycles. The average Bonchev–Trinajstić information content (AvgIpc) is 3.60. The molecule has 0 spiro atoms. The summed E-state index contributed by atoms with van der Waals surface area (Å²) >= 11 is 0. The molecular weight excluding hydrogens is 406 g/mol. The molecule has 166 valence electrons. The van der Waals surface area contributed by atoms with E-state index >= 15 is 0 Å². The van der Waals surface area contributed by atoms with E-state index in [2.05, 4.69) is 5.32 Å². The van der Waals surface area contributed by atoms with Crippen molar-refractivity contribution in [3.63, 3.8) is 0 Å². The number of phenolic OH excluding ortho intramolecular Hbond substituents is 1. The van der Waals surface area contributed by atoms with Crippen LogP contribution in [0, 0.1) is 0 Å². The number of esters is 1. The molecule has 1 fully saturated rings. The van der Waals surface area contributed by atoms with Crippen LogP contribution in [0.4, 0.5) is 5.69 Å². The molecule has 2 aromatic rings. The van der Waals surface area contributed by atoms with Gasteiger partial charge < -0.3 is 34.1 Å². The monoisotopic (exact) mass is 431 g/mol. The van der Waals surface area contributed by atoms with Crippen LogP contribution in [-0.2, 0) is 19.1 Å².